The topological polar surface area (TPSA) is 80.5 Å². The van der Waals surface area contributed by atoms with Crippen LogP contribution in [0.2, 0.25) is 0 Å². The highest BCUT2D eigenvalue weighted by molar-refractivity contribution is 5.73. The highest BCUT2D eigenvalue weighted by atomic mass is 16.5. The molecule has 2 amide bonds. The second-order valence-corrected chi connectivity index (χ2v) is 5.78. The highest BCUT2D eigenvalue weighted by Crippen LogP contribution is 2.31. The van der Waals surface area contributed by atoms with Crippen LogP contribution in [0.5, 0.6) is 0 Å². The number of carbonyl (C=O) groups excluding carboxylic acids is 1. The van der Waals surface area contributed by atoms with E-state index in [-0.39, 0.29) is 6.03 Å². The molecule has 1 aromatic rings. The fourth-order valence-electron chi connectivity index (χ4n) is 2.65. The first-order chi connectivity index (χ1) is 10.7. The summed E-state index contributed by atoms with van der Waals surface area (Å²) in [5.74, 6) is 1.86. The third kappa shape index (κ3) is 4.98. The molecule has 0 saturated heterocycles. The average molecular weight is 310 g/mol. The van der Waals surface area contributed by atoms with Gasteiger partial charge in [-0.05, 0) is 12.8 Å². The molecule has 0 unspecified atom stereocenters. The molecular formula is C15H26N4O3. The summed E-state index contributed by atoms with van der Waals surface area (Å²) in [5.41, 5.74) is 0. The Morgan fingerprint density at radius 1 is 1.41 bits per heavy atom. The number of aromatic nitrogens is 2. The van der Waals surface area contributed by atoms with Crippen LogP contribution in [0.15, 0.2) is 4.52 Å². The maximum Gasteiger partial charge on any atom is 0.317 e. The monoisotopic (exact) mass is 310 g/mol. The number of amides is 2. The van der Waals surface area contributed by atoms with Crippen molar-refractivity contribution in [1.29, 1.82) is 0 Å². The molecule has 1 N–H and O–H groups in total. The third-order valence-corrected chi connectivity index (χ3v) is 4.04. The summed E-state index contributed by atoms with van der Waals surface area (Å²) in [7, 11) is 3.36. The van der Waals surface area contributed by atoms with Gasteiger partial charge in [0.15, 0.2) is 5.82 Å². The zero-order valence-corrected chi connectivity index (χ0v) is 13.5. The minimum atomic E-state index is -0.118. The van der Waals surface area contributed by atoms with Gasteiger partial charge in [0.25, 0.3) is 0 Å². The molecule has 1 aromatic heterocycles. The Hall–Kier alpha value is -1.63. The van der Waals surface area contributed by atoms with E-state index in [9.17, 15) is 4.79 Å². The van der Waals surface area contributed by atoms with Crippen LogP contribution in [0.3, 0.4) is 0 Å². The van der Waals surface area contributed by atoms with Crippen molar-refractivity contribution in [2.24, 2.45) is 0 Å². The SMILES string of the molecule is COCCNC(=O)N(C)CCc1noc(C2CCCCC2)n1. The molecular weight excluding hydrogens is 284 g/mol. The summed E-state index contributed by atoms with van der Waals surface area (Å²) in [5, 5.41) is 6.81. The van der Waals surface area contributed by atoms with Gasteiger partial charge in [-0.2, -0.15) is 4.98 Å². The summed E-state index contributed by atoms with van der Waals surface area (Å²) in [6.45, 7) is 1.57. The summed E-state index contributed by atoms with van der Waals surface area (Å²) < 4.78 is 10.3. The molecule has 0 aromatic carbocycles. The van der Waals surface area contributed by atoms with Crippen molar-refractivity contribution in [2.75, 3.05) is 33.9 Å². The van der Waals surface area contributed by atoms with Crippen molar-refractivity contribution in [1.82, 2.24) is 20.4 Å². The Bertz CT molecular complexity index is 457. The summed E-state index contributed by atoms with van der Waals surface area (Å²) >= 11 is 0. The average Bonchev–Trinajstić information content (AvgIpc) is 3.02. The van der Waals surface area contributed by atoms with Crippen molar-refractivity contribution in [3.05, 3.63) is 11.7 Å². The van der Waals surface area contributed by atoms with Crippen LogP contribution in [-0.4, -0.2) is 54.9 Å². The van der Waals surface area contributed by atoms with Crippen molar-refractivity contribution in [2.45, 2.75) is 44.4 Å². The molecule has 124 valence electrons. The van der Waals surface area contributed by atoms with E-state index in [1.54, 1.807) is 19.1 Å². The molecule has 1 heterocycles. The van der Waals surface area contributed by atoms with E-state index in [2.05, 4.69) is 15.5 Å². The van der Waals surface area contributed by atoms with Crippen LogP contribution < -0.4 is 5.32 Å². The van der Waals surface area contributed by atoms with Gasteiger partial charge in [-0.25, -0.2) is 4.79 Å². The summed E-state index contributed by atoms with van der Waals surface area (Å²) in [4.78, 5) is 17.9. The normalized spacial score (nSPS) is 15.7. The number of hydrogen-bond donors (Lipinski definition) is 1. The lowest BCUT2D eigenvalue weighted by Crippen LogP contribution is -2.39. The Kier molecular flexibility index (Phi) is 6.64. The number of ether oxygens (including phenoxy) is 1. The number of urea groups is 1. The second-order valence-electron chi connectivity index (χ2n) is 5.78. The van der Waals surface area contributed by atoms with Crippen molar-refractivity contribution in [3.8, 4) is 0 Å². The van der Waals surface area contributed by atoms with E-state index in [0.717, 1.165) is 18.7 Å². The molecule has 7 nitrogen and oxygen atoms in total. The van der Waals surface area contributed by atoms with Gasteiger partial charge in [0.2, 0.25) is 5.89 Å². The van der Waals surface area contributed by atoms with Gasteiger partial charge in [0.1, 0.15) is 0 Å². The Labute approximate surface area is 131 Å². The van der Waals surface area contributed by atoms with Gasteiger partial charge in [0.05, 0.1) is 6.61 Å². The third-order valence-electron chi connectivity index (χ3n) is 4.04. The van der Waals surface area contributed by atoms with Gasteiger partial charge >= 0.3 is 6.03 Å². The van der Waals surface area contributed by atoms with E-state index >= 15 is 0 Å². The zero-order valence-electron chi connectivity index (χ0n) is 13.5. The van der Waals surface area contributed by atoms with E-state index in [1.165, 1.54) is 19.3 Å². The molecule has 0 bridgehead atoms. The van der Waals surface area contributed by atoms with E-state index in [4.69, 9.17) is 9.26 Å². The number of carbonyl (C=O) groups is 1. The molecule has 1 aliphatic carbocycles. The van der Waals surface area contributed by atoms with Crippen molar-refractivity contribution in [3.63, 3.8) is 0 Å². The highest BCUT2D eigenvalue weighted by Gasteiger charge is 2.21. The molecule has 0 aliphatic heterocycles. The number of nitrogens with one attached hydrogen (secondary N) is 1. The van der Waals surface area contributed by atoms with E-state index in [0.29, 0.717) is 37.9 Å². The number of rotatable bonds is 7. The number of likely N-dealkylation sites (N-methyl/N-ethyl adjacent to an activating group) is 1. The molecule has 0 radical (unpaired) electrons. The molecule has 1 fully saturated rings. The van der Waals surface area contributed by atoms with Crippen LogP contribution in [0.4, 0.5) is 4.79 Å². The van der Waals surface area contributed by atoms with Crippen LogP contribution >= 0.6 is 0 Å². The first-order valence-electron chi connectivity index (χ1n) is 8.01. The lowest BCUT2D eigenvalue weighted by Gasteiger charge is -2.17. The van der Waals surface area contributed by atoms with E-state index in [1.807, 2.05) is 0 Å². The molecule has 0 atom stereocenters. The van der Waals surface area contributed by atoms with Crippen LogP contribution in [0, 0.1) is 0 Å². The van der Waals surface area contributed by atoms with Gasteiger partial charge in [-0.1, -0.05) is 24.4 Å². The van der Waals surface area contributed by atoms with Gasteiger partial charge in [0, 0.05) is 39.6 Å². The predicted molar refractivity (Wildman–Crippen MR) is 81.7 cm³/mol. The van der Waals surface area contributed by atoms with Crippen LogP contribution in [-0.2, 0) is 11.2 Å². The number of nitrogens with zero attached hydrogens (tertiary/aromatic N) is 3. The Morgan fingerprint density at radius 3 is 2.91 bits per heavy atom. The summed E-state index contributed by atoms with van der Waals surface area (Å²) in [6, 6.07) is -0.118. The lowest BCUT2D eigenvalue weighted by molar-refractivity contribution is 0.185. The Balaban J connectivity index is 1.74. The van der Waals surface area contributed by atoms with Gasteiger partial charge in [-0.15, -0.1) is 0 Å². The van der Waals surface area contributed by atoms with E-state index < -0.39 is 0 Å². The fraction of sp³-hybridized carbons (Fsp3) is 0.800. The molecule has 22 heavy (non-hydrogen) atoms. The minimum absolute atomic E-state index is 0.118. The van der Waals surface area contributed by atoms with Crippen molar-refractivity contribution >= 4 is 6.03 Å². The maximum absolute atomic E-state index is 11.8. The molecule has 7 heteroatoms. The molecule has 2 rings (SSSR count). The van der Waals surface area contributed by atoms with Gasteiger partial charge in [-0.3, -0.25) is 0 Å². The maximum atomic E-state index is 11.8. The predicted octanol–water partition coefficient (Wildman–Crippen LogP) is 1.95. The summed E-state index contributed by atoms with van der Waals surface area (Å²) in [6.07, 6.45) is 6.68. The van der Waals surface area contributed by atoms with Gasteiger partial charge < -0.3 is 19.5 Å². The quantitative estimate of drug-likeness (QED) is 0.779. The minimum Gasteiger partial charge on any atom is -0.383 e. The van der Waals surface area contributed by atoms with Crippen LogP contribution in [0.25, 0.3) is 0 Å². The first kappa shape index (κ1) is 16.7. The smallest absolute Gasteiger partial charge is 0.317 e. The largest absolute Gasteiger partial charge is 0.383 e. The number of hydrogen-bond acceptors (Lipinski definition) is 5. The second kappa shape index (κ2) is 8.73. The zero-order chi connectivity index (χ0) is 15.8. The van der Waals surface area contributed by atoms with Crippen LogP contribution in [0.1, 0.15) is 49.7 Å². The van der Waals surface area contributed by atoms with Crippen molar-refractivity contribution < 1.29 is 14.1 Å². The fourth-order valence-corrected chi connectivity index (χ4v) is 2.65. The molecule has 1 aliphatic rings. The standard InChI is InChI=1S/C15H26N4O3/c1-19(15(20)16-9-11-21-2)10-8-13-17-14(22-18-13)12-6-4-3-5-7-12/h12H,3-11H2,1-2H3,(H,16,20). The first-order valence-corrected chi connectivity index (χ1v) is 8.01. The molecule has 0 spiro atoms. The molecule has 1 saturated carbocycles. The lowest BCUT2D eigenvalue weighted by atomic mass is 9.89. The Morgan fingerprint density at radius 2 is 2.18 bits per heavy atom. The number of methoxy groups -OCH3 is 1.